The number of hydrogen-bond donors (Lipinski definition) is 1. The Labute approximate surface area is 92.1 Å². The highest BCUT2D eigenvalue weighted by Gasteiger charge is 2.29. The number of nitrogens with one attached hydrogen (secondary N) is 1. The van der Waals surface area contributed by atoms with Gasteiger partial charge in [-0.25, -0.2) is 0 Å². The molecule has 0 radical (unpaired) electrons. The largest absolute Gasteiger partial charge is 0.315 e. The summed E-state index contributed by atoms with van der Waals surface area (Å²) >= 11 is 3.53. The second-order valence-corrected chi connectivity index (χ2v) is 4.38. The van der Waals surface area contributed by atoms with E-state index in [4.69, 9.17) is 5.26 Å². The van der Waals surface area contributed by atoms with Crippen LogP contribution in [0.4, 0.5) is 0 Å². The molecule has 0 aromatic heterocycles. The molecule has 3 heteroatoms. The summed E-state index contributed by atoms with van der Waals surface area (Å²) in [5.41, 5.74) is 1.24. The molecule has 1 aliphatic heterocycles. The van der Waals surface area contributed by atoms with E-state index in [0.717, 1.165) is 17.6 Å². The quantitative estimate of drug-likeness (QED) is 0.831. The standard InChI is InChI=1S/C11H11BrN2/c12-11-4-2-1-3-9(11)10-7-14-6-8(10)5-13/h1-4,8,10,14H,6-7H2/t8-,10-/m0/s1. The van der Waals surface area contributed by atoms with E-state index < -0.39 is 0 Å². The number of rotatable bonds is 1. The fourth-order valence-corrected chi connectivity index (χ4v) is 2.50. The minimum Gasteiger partial charge on any atom is -0.315 e. The van der Waals surface area contributed by atoms with Crippen molar-refractivity contribution in [2.45, 2.75) is 5.92 Å². The van der Waals surface area contributed by atoms with Crippen LogP contribution in [0.2, 0.25) is 0 Å². The van der Waals surface area contributed by atoms with Gasteiger partial charge in [0.2, 0.25) is 0 Å². The summed E-state index contributed by atoms with van der Waals surface area (Å²) in [7, 11) is 0. The molecule has 0 amide bonds. The van der Waals surface area contributed by atoms with Crippen LogP contribution in [0.15, 0.2) is 28.7 Å². The fraction of sp³-hybridized carbons (Fsp3) is 0.364. The van der Waals surface area contributed by atoms with E-state index in [-0.39, 0.29) is 5.92 Å². The van der Waals surface area contributed by atoms with Gasteiger partial charge in [0, 0.05) is 23.5 Å². The molecule has 1 aromatic carbocycles. The number of benzene rings is 1. The average Bonchev–Trinajstić information content (AvgIpc) is 2.66. The highest BCUT2D eigenvalue weighted by molar-refractivity contribution is 9.10. The third kappa shape index (κ3) is 1.68. The third-order valence-corrected chi connectivity index (χ3v) is 3.41. The van der Waals surface area contributed by atoms with E-state index in [0.29, 0.717) is 5.92 Å². The van der Waals surface area contributed by atoms with Crippen molar-refractivity contribution in [3.8, 4) is 6.07 Å². The summed E-state index contributed by atoms with van der Waals surface area (Å²) in [6, 6.07) is 10.5. The summed E-state index contributed by atoms with van der Waals surface area (Å²) in [6.07, 6.45) is 0. The van der Waals surface area contributed by atoms with Gasteiger partial charge in [0.05, 0.1) is 12.0 Å². The molecule has 14 heavy (non-hydrogen) atoms. The Balaban J connectivity index is 2.31. The van der Waals surface area contributed by atoms with E-state index in [1.54, 1.807) is 0 Å². The molecule has 1 aliphatic rings. The molecule has 0 unspecified atom stereocenters. The van der Waals surface area contributed by atoms with Crippen LogP contribution in [0.5, 0.6) is 0 Å². The van der Waals surface area contributed by atoms with Crippen molar-refractivity contribution in [1.82, 2.24) is 5.32 Å². The van der Waals surface area contributed by atoms with Crippen molar-refractivity contribution >= 4 is 15.9 Å². The lowest BCUT2D eigenvalue weighted by Crippen LogP contribution is -2.08. The molecular weight excluding hydrogens is 240 g/mol. The maximum absolute atomic E-state index is 8.98. The molecule has 0 saturated carbocycles. The zero-order valence-corrected chi connectivity index (χ0v) is 9.29. The molecule has 72 valence electrons. The highest BCUT2D eigenvalue weighted by Crippen LogP contribution is 2.32. The van der Waals surface area contributed by atoms with Crippen molar-refractivity contribution in [2.75, 3.05) is 13.1 Å². The molecule has 2 atom stereocenters. The summed E-state index contributed by atoms with van der Waals surface area (Å²) in [4.78, 5) is 0. The Morgan fingerprint density at radius 1 is 1.36 bits per heavy atom. The lowest BCUT2D eigenvalue weighted by atomic mass is 9.90. The average molecular weight is 251 g/mol. The number of hydrogen-bond acceptors (Lipinski definition) is 2. The van der Waals surface area contributed by atoms with Crippen molar-refractivity contribution < 1.29 is 0 Å². The summed E-state index contributed by atoms with van der Waals surface area (Å²) in [5, 5.41) is 12.2. The van der Waals surface area contributed by atoms with Crippen LogP contribution in [0.3, 0.4) is 0 Å². The van der Waals surface area contributed by atoms with Crippen molar-refractivity contribution in [1.29, 1.82) is 5.26 Å². The zero-order valence-electron chi connectivity index (χ0n) is 7.70. The topological polar surface area (TPSA) is 35.8 Å². The summed E-state index contributed by atoms with van der Waals surface area (Å²) < 4.78 is 1.11. The molecule has 0 spiro atoms. The van der Waals surface area contributed by atoms with Crippen molar-refractivity contribution in [2.24, 2.45) is 5.92 Å². The Kier molecular flexibility index (Phi) is 2.85. The van der Waals surface area contributed by atoms with Gasteiger partial charge in [0.25, 0.3) is 0 Å². The Morgan fingerprint density at radius 2 is 2.14 bits per heavy atom. The molecule has 0 bridgehead atoms. The van der Waals surface area contributed by atoms with Crippen LogP contribution in [0, 0.1) is 17.2 Å². The predicted molar refractivity (Wildman–Crippen MR) is 58.9 cm³/mol. The van der Waals surface area contributed by atoms with Crippen LogP contribution in [0.25, 0.3) is 0 Å². The van der Waals surface area contributed by atoms with Gasteiger partial charge in [-0.05, 0) is 11.6 Å². The third-order valence-electron chi connectivity index (χ3n) is 2.68. The monoisotopic (exact) mass is 250 g/mol. The second-order valence-electron chi connectivity index (χ2n) is 3.52. The zero-order chi connectivity index (χ0) is 9.97. The van der Waals surface area contributed by atoms with E-state index in [9.17, 15) is 0 Å². The van der Waals surface area contributed by atoms with Gasteiger partial charge in [-0.15, -0.1) is 0 Å². The molecule has 2 nitrogen and oxygen atoms in total. The maximum atomic E-state index is 8.98. The summed E-state index contributed by atoms with van der Waals surface area (Å²) in [5.74, 6) is 0.435. The first-order chi connectivity index (χ1) is 6.83. The lowest BCUT2D eigenvalue weighted by Gasteiger charge is -2.14. The summed E-state index contributed by atoms with van der Waals surface area (Å²) in [6.45, 7) is 1.71. The smallest absolute Gasteiger partial charge is 0.0676 e. The Hall–Kier alpha value is -0.850. The van der Waals surface area contributed by atoms with Crippen LogP contribution < -0.4 is 5.32 Å². The van der Waals surface area contributed by atoms with Gasteiger partial charge in [0.1, 0.15) is 0 Å². The van der Waals surface area contributed by atoms with Crippen LogP contribution in [0.1, 0.15) is 11.5 Å². The first-order valence-corrected chi connectivity index (χ1v) is 5.47. The van der Waals surface area contributed by atoms with Crippen molar-refractivity contribution in [3.63, 3.8) is 0 Å². The fourth-order valence-electron chi connectivity index (χ4n) is 1.92. The van der Waals surface area contributed by atoms with E-state index in [2.05, 4.69) is 33.4 Å². The molecule has 1 N–H and O–H groups in total. The number of nitrogens with zero attached hydrogens (tertiary/aromatic N) is 1. The number of halogens is 1. The molecule has 2 rings (SSSR count). The van der Waals surface area contributed by atoms with Gasteiger partial charge < -0.3 is 5.32 Å². The second kappa shape index (κ2) is 4.12. The minimum absolute atomic E-state index is 0.105. The predicted octanol–water partition coefficient (Wildman–Crippen LogP) is 2.28. The SMILES string of the molecule is N#C[C@H]1CNC[C@@H]1c1ccccc1Br. The molecular formula is C11H11BrN2. The minimum atomic E-state index is 0.105. The van der Waals surface area contributed by atoms with Crippen LogP contribution in [-0.2, 0) is 0 Å². The Morgan fingerprint density at radius 3 is 2.86 bits per heavy atom. The van der Waals surface area contributed by atoms with Gasteiger partial charge in [-0.3, -0.25) is 0 Å². The van der Waals surface area contributed by atoms with Gasteiger partial charge in [-0.1, -0.05) is 34.1 Å². The van der Waals surface area contributed by atoms with E-state index in [1.165, 1.54) is 5.56 Å². The van der Waals surface area contributed by atoms with Crippen molar-refractivity contribution in [3.05, 3.63) is 34.3 Å². The van der Waals surface area contributed by atoms with Crippen LogP contribution in [-0.4, -0.2) is 13.1 Å². The van der Waals surface area contributed by atoms with Crippen LogP contribution >= 0.6 is 15.9 Å². The maximum Gasteiger partial charge on any atom is 0.0676 e. The molecule has 1 fully saturated rings. The normalized spacial score (nSPS) is 26.0. The highest BCUT2D eigenvalue weighted by atomic mass is 79.9. The van der Waals surface area contributed by atoms with E-state index >= 15 is 0 Å². The molecule has 1 heterocycles. The Bertz CT molecular complexity index is 370. The molecule has 1 aromatic rings. The lowest BCUT2D eigenvalue weighted by molar-refractivity contribution is 0.644. The molecule has 0 aliphatic carbocycles. The molecule has 1 saturated heterocycles. The first kappa shape index (κ1) is 9.70. The van der Waals surface area contributed by atoms with E-state index in [1.807, 2.05) is 18.2 Å². The first-order valence-electron chi connectivity index (χ1n) is 4.67. The number of nitriles is 1. The van der Waals surface area contributed by atoms with Gasteiger partial charge in [0.15, 0.2) is 0 Å². The van der Waals surface area contributed by atoms with Gasteiger partial charge in [-0.2, -0.15) is 5.26 Å². The van der Waals surface area contributed by atoms with Gasteiger partial charge >= 0.3 is 0 Å².